The number of methoxy groups -OCH3 is 1. The molecular weight excluding hydrogens is 332 g/mol. The highest BCUT2D eigenvalue weighted by atomic mass is 16.5. The summed E-state index contributed by atoms with van der Waals surface area (Å²) in [5.74, 6) is 1.25. The second-order valence-corrected chi connectivity index (χ2v) is 6.11. The van der Waals surface area contributed by atoms with Crippen molar-refractivity contribution in [2.75, 3.05) is 25.3 Å². The van der Waals surface area contributed by atoms with E-state index in [1.165, 1.54) is 5.56 Å². The number of anilines is 1. The molecule has 2 aromatic rings. The van der Waals surface area contributed by atoms with Gasteiger partial charge in [-0.2, -0.15) is 0 Å². The number of allylic oxidation sites excluding steroid dienone is 1. The maximum Gasteiger partial charge on any atom is 0.266 e. The van der Waals surface area contributed by atoms with Gasteiger partial charge in [0.05, 0.1) is 12.8 Å². The fraction of sp³-hybridized carbons (Fsp3) is 0.211. The molecule has 0 atom stereocenters. The van der Waals surface area contributed by atoms with Crippen molar-refractivity contribution in [1.82, 2.24) is 16.0 Å². The molecular formula is C19H20N4O3. The molecule has 2 heterocycles. The van der Waals surface area contributed by atoms with Gasteiger partial charge in [0.25, 0.3) is 5.91 Å². The van der Waals surface area contributed by atoms with Crippen molar-refractivity contribution in [1.29, 1.82) is 0 Å². The fourth-order valence-electron chi connectivity index (χ4n) is 3.00. The predicted molar refractivity (Wildman–Crippen MR) is 97.2 cm³/mol. The average molecular weight is 352 g/mol. The first-order valence-electron chi connectivity index (χ1n) is 8.37. The monoisotopic (exact) mass is 352 g/mol. The van der Waals surface area contributed by atoms with Gasteiger partial charge >= 0.3 is 0 Å². The van der Waals surface area contributed by atoms with E-state index in [0.29, 0.717) is 18.2 Å². The number of benzene rings is 2. The Balaban J connectivity index is 1.48. The number of hydrogen-bond donors (Lipinski definition) is 2. The van der Waals surface area contributed by atoms with E-state index in [4.69, 9.17) is 9.47 Å². The Morgan fingerprint density at radius 2 is 2.04 bits per heavy atom. The molecule has 0 spiro atoms. The first-order valence-corrected chi connectivity index (χ1v) is 8.37. The molecule has 134 valence electrons. The molecule has 0 saturated heterocycles. The van der Waals surface area contributed by atoms with Crippen molar-refractivity contribution in [3.05, 3.63) is 66.0 Å². The SMILES string of the molecule is COc1ccc2c(c1)OCC(=O)N2CN1C=C(Cc2ccccc2)NN1. The topological polar surface area (TPSA) is 66.1 Å². The van der Waals surface area contributed by atoms with E-state index in [1.54, 1.807) is 18.1 Å². The first-order chi connectivity index (χ1) is 12.7. The zero-order valence-electron chi connectivity index (χ0n) is 14.4. The van der Waals surface area contributed by atoms with Crippen molar-refractivity contribution in [3.63, 3.8) is 0 Å². The normalized spacial score (nSPS) is 15.9. The van der Waals surface area contributed by atoms with Crippen LogP contribution in [0.3, 0.4) is 0 Å². The summed E-state index contributed by atoms with van der Waals surface area (Å²) in [6, 6.07) is 15.7. The van der Waals surface area contributed by atoms with Crippen LogP contribution in [0.15, 0.2) is 60.4 Å². The molecule has 0 fully saturated rings. The number of fused-ring (bicyclic) bond motifs is 1. The van der Waals surface area contributed by atoms with Crippen LogP contribution in [-0.2, 0) is 11.2 Å². The van der Waals surface area contributed by atoms with Crippen LogP contribution in [0.1, 0.15) is 5.56 Å². The molecule has 2 N–H and O–H groups in total. The molecule has 2 aliphatic heterocycles. The maximum absolute atomic E-state index is 12.3. The van der Waals surface area contributed by atoms with E-state index in [1.807, 2.05) is 41.5 Å². The summed E-state index contributed by atoms with van der Waals surface area (Å²) in [5, 5.41) is 1.84. The molecule has 4 rings (SSSR count). The average Bonchev–Trinajstić information content (AvgIpc) is 3.11. The summed E-state index contributed by atoms with van der Waals surface area (Å²) in [6.45, 7) is 0.384. The van der Waals surface area contributed by atoms with Crippen LogP contribution < -0.4 is 25.3 Å². The van der Waals surface area contributed by atoms with Gasteiger partial charge in [-0.25, -0.2) is 0 Å². The molecule has 0 aromatic heterocycles. The molecule has 1 amide bonds. The highest BCUT2D eigenvalue weighted by Crippen LogP contribution is 2.35. The van der Waals surface area contributed by atoms with Crippen molar-refractivity contribution >= 4 is 11.6 Å². The Morgan fingerprint density at radius 3 is 2.85 bits per heavy atom. The van der Waals surface area contributed by atoms with Crippen molar-refractivity contribution in [2.24, 2.45) is 0 Å². The third-order valence-electron chi connectivity index (χ3n) is 4.31. The number of ether oxygens (including phenoxy) is 2. The minimum absolute atomic E-state index is 0.0159. The number of rotatable bonds is 5. The fourth-order valence-corrected chi connectivity index (χ4v) is 3.00. The Labute approximate surface area is 151 Å². The molecule has 0 aliphatic carbocycles. The zero-order valence-corrected chi connectivity index (χ0v) is 14.4. The number of carbonyl (C=O) groups is 1. The van der Waals surface area contributed by atoms with Gasteiger partial charge in [-0.05, 0) is 17.7 Å². The van der Waals surface area contributed by atoms with Gasteiger partial charge in [-0.1, -0.05) is 30.3 Å². The second kappa shape index (κ2) is 6.97. The Kier molecular flexibility index (Phi) is 4.37. The summed E-state index contributed by atoms with van der Waals surface area (Å²) < 4.78 is 10.8. The molecule has 7 nitrogen and oxygen atoms in total. The van der Waals surface area contributed by atoms with E-state index in [-0.39, 0.29) is 12.5 Å². The summed E-state index contributed by atoms with van der Waals surface area (Å²) >= 11 is 0. The molecule has 0 radical (unpaired) electrons. The van der Waals surface area contributed by atoms with Crippen LogP contribution in [0.5, 0.6) is 11.5 Å². The number of hydrazine groups is 2. The predicted octanol–water partition coefficient (Wildman–Crippen LogP) is 1.79. The number of amides is 1. The summed E-state index contributed by atoms with van der Waals surface area (Å²) in [6.07, 6.45) is 2.76. The summed E-state index contributed by atoms with van der Waals surface area (Å²) in [7, 11) is 1.60. The van der Waals surface area contributed by atoms with E-state index < -0.39 is 0 Å². The van der Waals surface area contributed by atoms with Gasteiger partial charge in [-0.3, -0.25) is 14.7 Å². The standard InChI is InChI=1S/C19H20N4O3/c1-25-16-7-8-17-18(10-16)26-12-19(24)23(17)13-22-11-15(20-21-22)9-14-5-3-2-4-6-14/h2-8,10-11,20-21H,9,12-13H2,1H3. The first kappa shape index (κ1) is 16.3. The van der Waals surface area contributed by atoms with Gasteiger partial charge in [0.2, 0.25) is 0 Å². The Bertz CT molecular complexity index is 838. The van der Waals surface area contributed by atoms with Crippen LogP contribution >= 0.6 is 0 Å². The highest BCUT2D eigenvalue weighted by molar-refractivity contribution is 5.97. The molecule has 7 heteroatoms. The third-order valence-corrected chi connectivity index (χ3v) is 4.31. The van der Waals surface area contributed by atoms with Crippen LogP contribution in [0.4, 0.5) is 5.69 Å². The lowest BCUT2D eigenvalue weighted by Gasteiger charge is -2.32. The van der Waals surface area contributed by atoms with Crippen LogP contribution in [0, 0.1) is 0 Å². The quantitative estimate of drug-likeness (QED) is 0.855. The summed E-state index contributed by atoms with van der Waals surface area (Å²) in [5.41, 5.74) is 9.21. The molecule has 2 aromatic carbocycles. The second-order valence-electron chi connectivity index (χ2n) is 6.11. The largest absolute Gasteiger partial charge is 0.497 e. The maximum atomic E-state index is 12.3. The lowest BCUT2D eigenvalue weighted by molar-refractivity contribution is -0.121. The molecule has 0 unspecified atom stereocenters. The van der Waals surface area contributed by atoms with Crippen LogP contribution in [-0.4, -0.2) is 31.3 Å². The number of nitrogens with zero attached hydrogens (tertiary/aromatic N) is 2. The van der Waals surface area contributed by atoms with E-state index in [2.05, 4.69) is 23.1 Å². The van der Waals surface area contributed by atoms with Gasteiger partial charge < -0.3 is 14.9 Å². The van der Waals surface area contributed by atoms with Gasteiger partial charge in [0.1, 0.15) is 18.2 Å². The lowest BCUT2D eigenvalue weighted by atomic mass is 10.1. The minimum atomic E-state index is -0.0885. The van der Waals surface area contributed by atoms with Gasteiger partial charge in [0, 0.05) is 24.4 Å². The van der Waals surface area contributed by atoms with Crippen molar-refractivity contribution < 1.29 is 14.3 Å². The molecule has 0 saturated carbocycles. The number of hydrogen-bond acceptors (Lipinski definition) is 6. The van der Waals surface area contributed by atoms with Gasteiger partial charge in [-0.15, -0.1) is 5.53 Å². The zero-order chi connectivity index (χ0) is 17.9. The van der Waals surface area contributed by atoms with Crippen LogP contribution in [0.25, 0.3) is 0 Å². The number of carbonyl (C=O) groups excluding carboxylic acids is 1. The van der Waals surface area contributed by atoms with Crippen molar-refractivity contribution in [3.8, 4) is 11.5 Å². The Morgan fingerprint density at radius 1 is 1.19 bits per heavy atom. The Hall–Kier alpha value is -3.19. The van der Waals surface area contributed by atoms with Crippen molar-refractivity contribution in [2.45, 2.75) is 6.42 Å². The summed E-state index contributed by atoms with van der Waals surface area (Å²) in [4.78, 5) is 14.0. The third kappa shape index (κ3) is 3.29. The molecule has 2 aliphatic rings. The van der Waals surface area contributed by atoms with Crippen LogP contribution in [0.2, 0.25) is 0 Å². The lowest BCUT2D eigenvalue weighted by Crippen LogP contribution is -2.48. The van der Waals surface area contributed by atoms with E-state index in [9.17, 15) is 4.79 Å². The van der Waals surface area contributed by atoms with E-state index >= 15 is 0 Å². The number of nitrogens with one attached hydrogen (secondary N) is 2. The molecule has 26 heavy (non-hydrogen) atoms. The minimum Gasteiger partial charge on any atom is -0.497 e. The van der Waals surface area contributed by atoms with E-state index in [0.717, 1.165) is 17.8 Å². The smallest absolute Gasteiger partial charge is 0.266 e. The highest BCUT2D eigenvalue weighted by Gasteiger charge is 2.28. The molecule has 0 bridgehead atoms. The van der Waals surface area contributed by atoms with Gasteiger partial charge in [0.15, 0.2) is 6.61 Å².